The van der Waals surface area contributed by atoms with Crippen LogP contribution in [0.4, 0.5) is 0 Å². The highest BCUT2D eigenvalue weighted by Crippen LogP contribution is 2.18. The van der Waals surface area contributed by atoms with Crippen molar-refractivity contribution in [1.82, 2.24) is 4.31 Å². The Labute approximate surface area is 104 Å². The lowest BCUT2D eigenvalue weighted by Crippen LogP contribution is -2.33. The van der Waals surface area contributed by atoms with Crippen molar-refractivity contribution in [3.8, 4) is 6.07 Å². The van der Waals surface area contributed by atoms with Crippen LogP contribution in [0.3, 0.4) is 0 Å². The summed E-state index contributed by atoms with van der Waals surface area (Å²) in [7, 11) is -2.65. The Balaban J connectivity index is 2.93. The maximum atomic E-state index is 11.9. The highest BCUT2D eigenvalue weighted by molar-refractivity contribution is 7.89. The predicted molar refractivity (Wildman–Crippen MR) is 60.0 cm³/mol. The Kier molecular flexibility index (Phi) is 4.11. The maximum Gasteiger partial charge on any atom is 0.307 e. The molecule has 0 aliphatic rings. The molecular weight excluding hydrogens is 260 g/mol. The minimum absolute atomic E-state index is 0.117. The number of hydrogen-bond donors (Lipinski definition) is 1. The van der Waals surface area contributed by atoms with Gasteiger partial charge in [-0.25, -0.2) is 8.42 Å². The van der Waals surface area contributed by atoms with Crippen molar-refractivity contribution in [2.75, 3.05) is 13.6 Å². The molecule has 7 nitrogen and oxygen atoms in total. The normalized spacial score (nSPS) is 13.2. The first-order valence-corrected chi connectivity index (χ1v) is 6.42. The van der Waals surface area contributed by atoms with Gasteiger partial charge >= 0.3 is 5.97 Å². The smallest absolute Gasteiger partial charge is 0.307 e. The number of carboxylic acid groups (broad SMARTS) is 1. The summed E-state index contributed by atoms with van der Waals surface area (Å²) in [6.45, 7) is 1.22. The molecule has 0 fully saturated rings. The van der Waals surface area contributed by atoms with Crippen LogP contribution < -0.4 is 0 Å². The van der Waals surface area contributed by atoms with Gasteiger partial charge in [0.15, 0.2) is 0 Å². The van der Waals surface area contributed by atoms with Gasteiger partial charge < -0.3 is 9.52 Å². The summed E-state index contributed by atoms with van der Waals surface area (Å²) in [5.74, 6) is -2.04. The van der Waals surface area contributed by atoms with E-state index in [2.05, 4.69) is 0 Å². The molecule has 0 aliphatic heterocycles. The van der Waals surface area contributed by atoms with Crippen LogP contribution in [0.15, 0.2) is 21.6 Å². The van der Waals surface area contributed by atoms with Gasteiger partial charge in [0.1, 0.15) is 6.07 Å². The van der Waals surface area contributed by atoms with Crippen molar-refractivity contribution >= 4 is 16.0 Å². The monoisotopic (exact) mass is 272 g/mol. The second-order valence-electron chi connectivity index (χ2n) is 3.76. The van der Waals surface area contributed by atoms with Crippen molar-refractivity contribution in [1.29, 1.82) is 5.26 Å². The van der Waals surface area contributed by atoms with Gasteiger partial charge in [-0.15, -0.1) is 0 Å². The van der Waals surface area contributed by atoms with Crippen LogP contribution in [0, 0.1) is 17.2 Å². The van der Waals surface area contributed by atoms with E-state index in [0.29, 0.717) is 0 Å². The fourth-order valence-electron chi connectivity index (χ4n) is 1.23. The average Bonchev–Trinajstić information content (AvgIpc) is 2.77. The fraction of sp³-hybridized carbons (Fsp3) is 0.400. The lowest BCUT2D eigenvalue weighted by Gasteiger charge is -2.17. The zero-order valence-corrected chi connectivity index (χ0v) is 10.6. The molecule has 1 rings (SSSR count). The molecular formula is C10H12N2O5S. The van der Waals surface area contributed by atoms with Crippen molar-refractivity contribution in [3.05, 3.63) is 17.9 Å². The summed E-state index contributed by atoms with van der Waals surface area (Å²) in [6.07, 6.45) is 0. The van der Waals surface area contributed by atoms with E-state index in [9.17, 15) is 13.2 Å². The molecule has 0 bridgehead atoms. The number of hydrogen-bond acceptors (Lipinski definition) is 5. The Morgan fingerprint density at radius 2 is 2.22 bits per heavy atom. The molecule has 1 N–H and O–H groups in total. The maximum absolute atomic E-state index is 11.9. The number of carboxylic acids is 1. The van der Waals surface area contributed by atoms with E-state index in [0.717, 1.165) is 10.4 Å². The van der Waals surface area contributed by atoms with Crippen LogP contribution in [-0.4, -0.2) is 37.4 Å². The summed E-state index contributed by atoms with van der Waals surface area (Å²) in [6, 6.07) is 4.07. The number of carbonyl (C=O) groups is 1. The van der Waals surface area contributed by atoms with Crippen molar-refractivity contribution in [2.24, 2.45) is 5.92 Å². The lowest BCUT2D eigenvalue weighted by atomic mass is 10.2. The molecule has 1 aromatic rings. The van der Waals surface area contributed by atoms with Gasteiger partial charge in [-0.3, -0.25) is 4.79 Å². The topological polar surface area (TPSA) is 112 Å². The Bertz CT molecular complexity index is 584. The number of sulfonamides is 1. The summed E-state index contributed by atoms with van der Waals surface area (Å²) in [4.78, 5) is 10.7. The first kappa shape index (κ1) is 14.2. The summed E-state index contributed by atoms with van der Waals surface area (Å²) in [5.41, 5.74) is 0. The minimum atomic E-state index is -3.90. The fourth-order valence-corrected chi connectivity index (χ4v) is 2.40. The Morgan fingerprint density at radius 1 is 1.61 bits per heavy atom. The zero-order valence-electron chi connectivity index (χ0n) is 9.82. The van der Waals surface area contributed by atoms with Crippen LogP contribution in [0.5, 0.6) is 0 Å². The van der Waals surface area contributed by atoms with E-state index in [1.165, 1.54) is 20.0 Å². The average molecular weight is 272 g/mol. The number of furan rings is 1. The Morgan fingerprint density at radius 3 is 2.67 bits per heavy atom. The zero-order chi connectivity index (χ0) is 13.9. The van der Waals surface area contributed by atoms with E-state index in [4.69, 9.17) is 14.8 Å². The van der Waals surface area contributed by atoms with Crippen molar-refractivity contribution < 1.29 is 22.7 Å². The lowest BCUT2D eigenvalue weighted by molar-refractivity contribution is -0.141. The first-order valence-electron chi connectivity index (χ1n) is 4.98. The summed E-state index contributed by atoms with van der Waals surface area (Å²) in [5, 5.41) is 16.9. The van der Waals surface area contributed by atoms with Gasteiger partial charge in [-0.1, -0.05) is 6.92 Å². The number of rotatable bonds is 5. The molecule has 98 valence electrons. The van der Waals surface area contributed by atoms with E-state index in [-0.39, 0.29) is 17.4 Å². The molecule has 0 saturated heterocycles. The van der Waals surface area contributed by atoms with E-state index in [1.54, 1.807) is 6.07 Å². The van der Waals surface area contributed by atoms with Gasteiger partial charge in [0.05, 0.1) is 5.92 Å². The number of nitrogens with zero attached hydrogens (tertiary/aromatic N) is 2. The van der Waals surface area contributed by atoms with Gasteiger partial charge in [0, 0.05) is 13.6 Å². The molecule has 0 aromatic carbocycles. The molecule has 0 radical (unpaired) electrons. The molecule has 1 unspecified atom stereocenters. The third-order valence-electron chi connectivity index (χ3n) is 2.31. The third-order valence-corrected chi connectivity index (χ3v) is 4.01. The van der Waals surface area contributed by atoms with Gasteiger partial charge in [-0.2, -0.15) is 9.57 Å². The molecule has 1 heterocycles. The number of aliphatic carboxylic acids is 1. The largest absolute Gasteiger partial charge is 0.481 e. The quantitative estimate of drug-likeness (QED) is 0.835. The van der Waals surface area contributed by atoms with Crippen LogP contribution in [0.2, 0.25) is 0 Å². The van der Waals surface area contributed by atoms with Crippen LogP contribution in [-0.2, 0) is 14.8 Å². The molecule has 1 aromatic heterocycles. The minimum Gasteiger partial charge on any atom is -0.481 e. The van der Waals surface area contributed by atoms with E-state index >= 15 is 0 Å². The third kappa shape index (κ3) is 2.88. The van der Waals surface area contributed by atoms with Gasteiger partial charge in [-0.05, 0) is 12.1 Å². The molecule has 1 atom stereocenters. The molecule has 0 amide bonds. The highest BCUT2D eigenvalue weighted by Gasteiger charge is 2.27. The van der Waals surface area contributed by atoms with Crippen LogP contribution in [0.1, 0.15) is 12.7 Å². The van der Waals surface area contributed by atoms with Crippen LogP contribution >= 0.6 is 0 Å². The van der Waals surface area contributed by atoms with Crippen molar-refractivity contribution in [2.45, 2.75) is 12.0 Å². The SMILES string of the molecule is CC(CN(C)S(=O)(=O)c1ccc(C#N)o1)C(=O)O. The van der Waals surface area contributed by atoms with E-state index in [1.807, 2.05) is 0 Å². The first-order chi connectivity index (χ1) is 8.28. The van der Waals surface area contributed by atoms with Gasteiger partial charge in [0.25, 0.3) is 10.0 Å². The van der Waals surface area contributed by atoms with Gasteiger partial charge in [0.2, 0.25) is 10.9 Å². The Hall–Kier alpha value is -1.85. The number of nitriles is 1. The summed E-state index contributed by atoms with van der Waals surface area (Å²) >= 11 is 0. The second kappa shape index (κ2) is 5.20. The predicted octanol–water partition coefficient (Wildman–Crippen LogP) is 0.492. The molecule has 8 heteroatoms. The second-order valence-corrected chi connectivity index (χ2v) is 5.73. The standard InChI is InChI=1S/C10H12N2O5S/c1-7(10(13)14)6-12(2)18(15,16)9-4-3-8(5-11)17-9/h3-4,7H,6H2,1-2H3,(H,13,14). The summed E-state index contributed by atoms with van der Waals surface area (Å²) < 4.78 is 29.6. The molecule has 0 aliphatic carbocycles. The van der Waals surface area contributed by atoms with E-state index < -0.39 is 21.9 Å². The van der Waals surface area contributed by atoms with Crippen LogP contribution in [0.25, 0.3) is 0 Å². The molecule has 0 spiro atoms. The highest BCUT2D eigenvalue weighted by atomic mass is 32.2. The molecule has 18 heavy (non-hydrogen) atoms. The molecule has 0 saturated carbocycles. The van der Waals surface area contributed by atoms with Crippen molar-refractivity contribution in [3.63, 3.8) is 0 Å².